The highest BCUT2D eigenvalue weighted by Gasteiger charge is 2.38. The minimum absolute atomic E-state index is 0.105. The zero-order valence-electron chi connectivity index (χ0n) is 5.71. The Kier molecular flexibility index (Phi) is 1.20. The smallest absolute Gasteiger partial charge is 0.223 e. The number of hydrogen-bond acceptors (Lipinski definition) is 2. The van der Waals surface area contributed by atoms with Crippen molar-refractivity contribution in [2.24, 2.45) is 5.92 Å². The molecule has 0 aromatic rings. The quantitative estimate of drug-likeness (QED) is 0.484. The summed E-state index contributed by atoms with van der Waals surface area (Å²) in [6.07, 6.45) is 2.11. The molecule has 2 N–H and O–H groups in total. The van der Waals surface area contributed by atoms with Gasteiger partial charge in [0.05, 0.1) is 6.10 Å². The molecule has 1 amide bonds. The highest BCUT2D eigenvalue weighted by atomic mass is 16.3. The van der Waals surface area contributed by atoms with Crippen LogP contribution in [0.15, 0.2) is 0 Å². The van der Waals surface area contributed by atoms with Gasteiger partial charge in [-0.15, -0.1) is 0 Å². The Morgan fingerprint density at radius 2 is 2.20 bits per heavy atom. The normalized spacial score (nSPS) is 45.3. The lowest BCUT2D eigenvalue weighted by atomic mass is 9.88. The van der Waals surface area contributed by atoms with Gasteiger partial charge in [0.1, 0.15) is 0 Å². The fourth-order valence-corrected chi connectivity index (χ4v) is 1.94. The van der Waals surface area contributed by atoms with E-state index in [9.17, 15) is 9.90 Å². The van der Waals surface area contributed by atoms with Gasteiger partial charge in [-0.3, -0.25) is 4.79 Å². The molecule has 2 fully saturated rings. The molecule has 0 aromatic heterocycles. The average Bonchev–Trinajstić information content (AvgIpc) is 2.07. The van der Waals surface area contributed by atoms with E-state index >= 15 is 0 Å². The predicted octanol–water partition coefficient (Wildman–Crippen LogP) is -0.354. The van der Waals surface area contributed by atoms with Crippen LogP contribution in [-0.2, 0) is 4.79 Å². The van der Waals surface area contributed by atoms with Crippen LogP contribution in [0.5, 0.6) is 0 Å². The summed E-state index contributed by atoms with van der Waals surface area (Å²) >= 11 is 0. The fraction of sp³-hybridized carbons (Fsp3) is 0.857. The maximum absolute atomic E-state index is 11.0. The lowest BCUT2D eigenvalue weighted by Gasteiger charge is -2.20. The Hall–Kier alpha value is -0.570. The number of rotatable bonds is 0. The molecule has 3 heteroatoms. The minimum atomic E-state index is -0.248. The van der Waals surface area contributed by atoms with E-state index in [1.807, 2.05) is 0 Å². The average molecular weight is 141 g/mol. The van der Waals surface area contributed by atoms with Gasteiger partial charge in [-0.05, 0) is 19.3 Å². The van der Waals surface area contributed by atoms with Crippen molar-refractivity contribution in [3.05, 3.63) is 0 Å². The van der Waals surface area contributed by atoms with Crippen molar-refractivity contribution in [2.45, 2.75) is 31.4 Å². The molecule has 3 nitrogen and oxygen atoms in total. The summed E-state index contributed by atoms with van der Waals surface area (Å²) in [7, 11) is 0. The van der Waals surface area contributed by atoms with Crippen LogP contribution < -0.4 is 5.32 Å². The van der Waals surface area contributed by atoms with Crippen LogP contribution in [0.4, 0.5) is 0 Å². The van der Waals surface area contributed by atoms with E-state index in [-0.39, 0.29) is 24.0 Å². The third-order valence-electron chi connectivity index (χ3n) is 2.40. The van der Waals surface area contributed by atoms with Gasteiger partial charge in [-0.25, -0.2) is 0 Å². The number of aliphatic hydroxyl groups is 1. The molecule has 0 aromatic carbocycles. The second kappa shape index (κ2) is 1.95. The Morgan fingerprint density at radius 1 is 1.40 bits per heavy atom. The van der Waals surface area contributed by atoms with Crippen LogP contribution in [0.3, 0.4) is 0 Å². The number of fused-ring (bicyclic) bond motifs is 2. The maximum atomic E-state index is 11.0. The van der Waals surface area contributed by atoms with Gasteiger partial charge >= 0.3 is 0 Å². The predicted molar refractivity (Wildman–Crippen MR) is 35.3 cm³/mol. The van der Waals surface area contributed by atoms with E-state index in [0.29, 0.717) is 6.42 Å². The first-order valence-electron chi connectivity index (χ1n) is 3.74. The Labute approximate surface area is 59.4 Å². The van der Waals surface area contributed by atoms with Crippen molar-refractivity contribution in [1.29, 1.82) is 0 Å². The van der Waals surface area contributed by atoms with Gasteiger partial charge in [0.25, 0.3) is 0 Å². The molecule has 10 heavy (non-hydrogen) atoms. The molecule has 1 saturated carbocycles. The number of aliphatic hydroxyl groups excluding tert-OH is 1. The first kappa shape index (κ1) is 6.16. The summed E-state index contributed by atoms with van der Waals surface area (Å²) in [6.45, 7) is 0. The van der Waals surface area contributed by atoms with E-state index in [0.717, 1.165) is 12.8 Å². The largest absolute Gasteiger partial charge is 0.393 e. The van der Waals surface area contributed by atoms with Crippen LogP contribution in [0, 0.1) is 5.92 Å². The molecule has 2 bridgehead atoms. The van der Waals surface area contributed by atoms with Gasteiger partial charge in [-0.1, -0.05) is 0 Å². The first-order valence-corrected chi connectivity index (χ1v) is 3.74. The standard InChI is InChI=1S/C7H11NO2/c9-6-2-4-1-5(3-6)8-7(4)10/h4-6,9H,1-3H2,(H,8,10)/t4-,5-,6+/m0/s1. The molecule has 56 valence electrons. The third kappa shape index (κ3) is 0.814. The van der Waals surface area contributed by atoms with Gasteiger partial charge < -0.3 is 10.4 Å². The van der Waals surface area contributed by atoms with Crippen molar-refractivity contribution < 1.29 is 9.90 Å². The van der Waals surface area contributed by atoms with E-state index in [1.54, 1.807) is 0 Å². The molecular weight excluding hydrogens is 130 g/mol. The van der Waals surface area contributed by atoms with Crippen LogP contribution in [-0.4, -0.2) is 23.2 Å². The highest BCUT2D eigenvalue weighted by Crippen LogP contribution is 2.29. The SMILES string of the molecule is O=C1N[C@@H]2C[C@H](O)C[C@@H]1C2. The van der Waals surface area contributed by atoms with E-state index in [1.165, 1.54) is 0 Å². The molecule has 2 aliphatic rings. The third-order valence-corrected chi connectivity index (χ3v) is 2.40. The molecule has 2 rings (SSSR count). The summed E-state index contributed by atoms with van der Waals surface area (Å²) < 4.78 is 0. The monoisotopic (exact) mass is 141 g/mol. The number of carbonyl (C=O) groups is 1. The van der Waals surface area contributed by atoms with Crippen molar-refractivity contribution in [2.75, 3.05) is 0 Å². The fourth-order valence-electron chi connectivity index (χ4n) is 1.94. The van der Waals surface area contributed by atoms with Crippen molar-refractivity contribution in [3.8, 4) is 0 Å². The summed E-state index contributed by atoms with van der Waals surface area (Å²) in [6, 6.07) is 0.265. The molecule has 0 unspecified atom stereocenters. The molecular formula is C7H11NO2. The Balaban J connectivity index is 2.13. The van der Waals surface area contributed by atoms with Gasteiger partial charge in [0.2, 0.25) is 5.91 Å². The molecule has 1 heterocycles. The van der Waals surface area contributed by atoms with Crippen LogP contribution in [0.1, 0.15) is 19.3 Å². The lowest BCUT2D eigenvalue weighted by molar-refractivity contribution is -0.122. The zero-order valence-corrected chi connectivity index (χ0v) is 5.71. The molecule has 1 aliphatic carbocycles. The molecule has 1 aliphatic heterocycles. The number of nitrogens with one attached hydrogen (secondary N) is 1. The highest BCUT2D eigenvalue weighted by molar-refractivity contribution is 5.81. The summed E-state index contributed by atoms with van der Waals surface area (Å²) in [5.41, 5.74) is 0. The molecule has 1 saturated heterocycles. The summed E-state index contributed by atoms with van der Waals surface area (Å²) in [5, 5.41) is 12.1. The number of carbonyl (C=O) groups excluding carboxylic acids is 1. The molecule has 0 spiro atoms. The van der Waals surface area contributed by atoms with Gasteiger partial charge in [0.15, 0.2) is 0 Å². The van der Waals surface area contributed by atoms with E-state index < -0.39 is 0 Å². The van der Waals surface area contributed by atoms with Crippen LogP contribution >= 0.6 is 0 Å². The summed E-state index contributed by atoms with van der Waals surface area (Å²) in [5.74, 6) is 0.246. The van der Waals surface area contributed by atoms with Crippen molar-refractivity contribution >= 4 is 5.91 Å². The number of hydrogen-bond donors (Lipinski definition) is 2. The second-order valence-electron chi connectivity index (χ2n) is 3.26. The van der Waals surface area contributed by atoms with Crippen molar-refractivity contribution in [1.82, 2.24) is 5.32 Å². The van der Waals surface area contributed by atoms with Gasteiger partial charge in [-0.2, -0.15) is 0 Å². The van der Waals surface area contributed by atoms with E-state index in [4.69, 9.17) is 0 Å². The lowest BCUT2D eigenvalue weighted by Crippen LogP contribution is -2.28. The van der Waals surface area contributed by atoms with Crippen molar-refractivity contribution in [3.63, 3.8) is 0 Å². The first-order chi connectivity index (χ1) is 4.75. The number of amides is 1. The minimum Gasteiger partial charge on any atom is -0.393 e. The van der Waals surface area contributed by atoms with Crippen LogP contribution in [0.25, 0.3) is 0 Å². The summed E-state index contributed by atoms with van der Waals surface area (Å²) in [4.78, 5) is 11.0. The maximum Gasteiger partial charge on any atom is 0.223 e. The van der Waals surface area contributed by atoms with Crippen LogP contribution in [0.2, 0.25) is 0 Å². The topological polar surface area (TPSA) is 49.3 Å². The zero-order chi connectivity index (χ0) is 7.14. The second-order valence-corrected chi connectivity index (χ2v) is 3.26. The Bertz CT molecular complexity index is 169. The molecule has 3 atom stereocenters. The van der Waals surface area contributed by atoms with Gasteiger partial charge in [0, 0.05) is 12.0 Å². The Morgan fingerprint density at radius 3 is 2.90 bits per heavy atom. The molecule has 0 radical (unpaired) electrons. The van der Waals surface area contributed by atoms with E-state index in [2.05, 4.69) is 5.32 Å².